The van der Waals surface area contributed by atoms with Gasteiger partial charge in [-0.25, -0.2) is 0 Å². The van der Waals surface area contributed by atoms with E-state index >= 15 is 0 Å². The second-order valence-corrected chi connectivity index (χ2v) is 11.0. The molecule has 1 heterocycles. The second kappa shape index (κ2) is 14.8. The van der Waals surface area contributed by atoms with Gasteiger partial charge in [0.2, 0.25) is 11.8 Å². The summed E-state index contributed by atoms with van der Waals surface area (Å²) in [6, 6.07) is 15.5. The number of ether oxygens (including phenoxy) is 1. The number of aliphatic hydroxyl groups excluding tert-OH is 1. The number of nitrogens with one attached hydrogen (secondary N) is 1. The van der Waals surface area contributed by atoms with Crippen molar-refractivity contribution in [1.82, 2.24) is 5.32 Å². The first kappa shape index (κ1) is 29.6. The molecule has 2 aromatic rings. The Kier molecular flexibility index (Phi) is 11.5. The summed E-state index contributed by atoms with van der Waals surface area (Å²) in [7, 11) is -3.62. The van der Waals surface area contributed by atoms with Crippen LogP contribution < -0.4 is 10.2 Å². The van der Waals surface area contributed by atoms with Crippen molar-refractivity contribution in [1.29, 1.82) is 0 Å². The SMILES string of the molecule is CP(=O)(O)OCC(O)COCCCNC(=O)CCCCC(=O)N1Cc2ccccc2C#Cc2ccccc21. The topological polar surface area (TPSA) is 125 Å². The van der Waals surface area contributed by atoms with Crippen molar-refractivity contribution in [2.24, 2.45) is 0 Å². The first-order chi connectivity index (χ1) is 18.2. The fraction of sp³-hybridized carbons (Fsp3) is 0.429. The van der Waals surface area contributed by atoms with Gasteiger partial charge in [0, 0.05) is 43.8 Å². The number of aliphatic hydroxyl groups is 1. The van der Waals surface area contributed by atoms with E-state index in [-0.39, 0.29) is 25.0 Å². The summed E-state index contributed by atoms with van der Waals surface area (Å²) in [6.45, 7) is 1.94. The zero-order valence-corrected chi connectivity index (χ0v) is 22.5. The van der Waals surface area contributed by atoms with Crippen molar-refractivity contribution in [3.05, 3.63) is 65.2 Å². The van der Waals surface area contributed by atoms with Crippen LogP contribution >= 0.6 is 7.60 Å². The highest BCUT2D eigenvalue weighted by Crippen LogP contribution is 2.36. The predicted molar refractivity (Wildman–Crippen MR) is 145 cm³/mol. The minimum atomic E-state index is -3.62. The highest BCUT2D eigenvalue weighted by Gasteiger charge is 2.21. The van der Waals surface area contributed by atoms with Gasteiger partial charge in [0.15, 0.2) is 0 Å². The van der Waals surface area contributed by atoms with E-state index in [1.807, 2.05) is 48.5 Å². The van der Waals surface area contributed by atoms with Crippen LogP contribution in [0.2, 0.25) is 0 Å². The molecule has 1 aliphatic heterocycles. The molecule has 2 atom stereocenters. The predicted octanol–water partition coefficient (Wildman–Crippen LogP) is 3.21. The van der Waals surface area contributed by atoms with Gasteiger partial charge in [-0.2, -0.15) is 0 Å². The number of anilines is 1. The molecule has 2 aromatic carbocycles. The Bertz CT molecular complexity index is 1200. The number of benzene rings is 2. The van der Waals surface area contributed by atoms with Gasteiger partial charge in [-0.15, -0.1) is 0 Å². The van der Waals surface area contributed by atoms with Gasteiger partial charge in [0.05, 0.1) is 25.4 Å². The number of para-hydroxylation sites is 1. The molecule has 0 radical (unpaired) electrons. The minimum absolute atomic E-state index is 0.00170. The standard InChI is InChI=1S/C28H35N2O7P/c1-38(34,35)37-21-25(31)20-36-18-8-17-29-27(32)13-6-7-14-28(33)30-19-24-11-3-2-9-22(24)15-16-23-10-4-5-12-26(23)30/h2-5,9-12,25,31H,6-8,13-14,17-21H2,1H3,(H,29,32)(H,34,35). The van der Waals surface area contributed by atoms with Crippen molar-refractivity contribution in [2.45, 2.75) is 44.8 Å². The smallest absolute Gasteiger partial charge is 0.325 e. The molecule has 9 nitrogen and oxygen atoms in total. The molecule has 3 rings (SSSR count). The summed E-state index contributed by atoms with van der Waals surface area (Å²) in [5.74, 6) is 6.32. The number of nitrogens with zero attached hydrogens (tertiary/aromatic N) is 1. The van der Waals surface area contributed by atoms with E-state index in [1.165, 1.54) is 0 Å². The van der Waals surface area contributed by atoms with Crippen molar-refractivity contribution in [3.8, 4) is 11.8 Å². The van der Waals surface area contributed by atoms with E-state index in [2.05, 4.69) is 21.7 Å². The van der Waals surface area contributed by atoms with Gasteiger partial charge in [0.1, 0.15) is 6.10 Å². The van der Waals surface area contributed by atoms with Crippen molar-refractivity contribution in [3.63, 3.8) is 0 Å². The molecule has 2 unspecified atom stereocenters. The van der Waals surface area contributed by atoms with Gasteiger partial charge in [0.25, 0.3) is 0 Å². The number of unbranched alkanes of at least 4 members (excludes halogenated alkanes) is 1. The lowest BCUT2D eigenvalue weighted by Crippen LogP contribution is -2.31. The van der Waals surface area contributed by atoms with E-state index < -0.39 is 13.7 Å². The molecular formula is C28H35N2O7P. The van der Waals surface area contributed by atoms with E-state index in [4.69, 9.17) is 9.63 Å². The number of amides is 2. The van der Waals surface area contributed by atoms with Crippen LogP contribution in [0.15, 0.2) is 48.5 Å². The van der Waals surface area contributed by atoms with E-state index in [0.717, 1.165) is 29.0 Å². The third-order valence-electron chi connectivity index (χ3n) is 5.82. The maximum absolute atomic E-state index is 13.2. The molecule has 38 heavy (non-hydrogen) atoms. The van der Waals surface area contributed by atoms with E-state index in [1.54, 1.807) is 4.90 Å². The molecule has 1 aliphatic rings. The molecule has 2 amide bonds. The van der Waals surface area contributed by atoms with Crippen LogP contribution in [0, 0.1) is 11.8 Å². The molecule has 204 valence electrons. The van der Waals surface area contributed by atoms with Crippen molar-refractivity contribution < 1.29 is 33.4 Å². The third-order valence-corrected chi connectivity index (χ3v) is 6.45. The van der Waals surface area contributed by atoms with Crippen LogP contribution in [-0.2, 0) is 30.0 Å². The van der Waals surface area contributed by atoms with Crippen LogP contribution in [0.3, 0.4) is 0 Å². The Morgan fingerprint density at radius 3 is 2.50 bits per heavy atom. The van der Waals surface area contributed by atoms with Gasteiger partial charge < -0.3 is 29.5 Å². The molecule has 0 aliphatic carbocycles. The zero-order chi connectivity index (χ0) is 27.4. The molecule has 0 bridgehead atoms. The summed E-state index contributed by atoms with van der Waals surface area (Å²) >= 11 is 0. The summed E-state index contributed by atoms with van der Waals surface area (Å²) in [5.41, 5.74) is 3.55. The Morgan fingerprint density at radius 2 is 1.71 bits per heavy atom. The Hall–Kier alpha value is -2.99. The number of fused-ring (bicyclic) bond motifs is 2. The van der Waals surface area contributed by atoms with Crippen LogP contribution in [-0.4, -0.2) is 60.9 Å². The second-order valence-electron chi connectivity index (χ2n) is 9.14. The quantitative estimate of drug-likeness (QED) is 0.190. The largest absolute Gasteiger partial charge is 0.388 e. The monoisotopic (exact) mass is 542 g/mol. The first-order valence-electron chi connectivity index (χ1n) is 12.7. The molecule has 10 heteroatoms. The van der Waals surface area contributed by atoms with Gasteiger partial charge in [-0.3, -0.25) is 14.2 Å². The molecular weight excluding hydrogens is 507 g/mol. The summed E-state index contributed by atoms with van der Waals surface area (Å²) in [6.07, 6.45) is 1.41. The molecule has 0 aromatic heterocycles. The Labute approximate surface area is 223 Å². The average Bonchev–Trinajstić information content (AvgIpc) is 2.88. The fourth-order valence-corrected chi connectivity index (χ4v) is 4.34. The molecule has 0 saturated heterocycles. The summed E-state index contributed by atoms with van der Waals surface area (Å²) in [4.78, 5) is 36.1. The Morgan fingerprint density at radius 1 is 1.03 bits per heavy atom. The molecule has 0 fully saturated rings. The first-order valence-corrected chi connectivity index (χ1v) is 14.7. The summed E-state index contributed by atoms with van der Waals surface area (Å²) < 4.78 is 20.9. The van der Waals surface area contributed by atoms with E-state index in [0.29, 0.717) is 51.8 Å². The molecule has 0 saturated carbocycles. The fourth-order valence-electron chi connectivity index (χ4n) is 3.89. The third kappa shape index (κ3) is 10.1. The number of carbonyl (C=O) groups is 2. The van der Waals surface area contributed by atoms with E-state index in [9.17, 15) is 19.3 Å². The van der Waals surface area contributed by atoms with Crippen LogP contribution in [0.5, 0.6) is 0 Å². The van der Waals surface area contributed by atoms with Crippen molar-refractivity contribution in [2.75, 3.05) is 37.9 Å². The molecule has 3 N–H and O–H groups in total. The lowest BCUT2D eigenvalue weighted by molar-refractivity contribution is -0.122. The zero-order valence-electron chi connectivity index (χ0n) is 21.6. The number of rotatable bonds is 14. The van der Waals surface area contributed by atoms with Crippen LogP contribution in [0.25, 0.3) is 0 Å². The number of hydrogen-bond donors (Lipinski definition) is 3. The number of carbonyl (C=O) groups excluding carboxylic acids is 2. The minimum Gasteiger partial charge on any atom is -0.388 e. The molecule has 0 spiro atoms. The highest BCUT2D eigenvalue weighted by atomic mass is 31.2. The summed E-state index contributed by atoms with van der Waals surface area (Å²) in [5, 5.41) is 12.5. The maximum Gasteiger partial charge on any atom is 0.325 e. The maximum atomic E-state index is 13.2. The van der Waals surface area contributed by atoms with Gasteiger partial charge >= 0.3 is 7.60 Å². The van der Waals surface area contributed by atoms with Gasteiger partial charge in [-0.1, -0.05) is 42.2 Å². The normalized spacial score (nSPS) is 14.6. The van der Waals surface area contributed by atoms with Gasteiger partial charge in [-0.05, 0) is 43.0 Å². The number of hydrogen-bond acceptors (Lipinski definition) is 6. The highest BCUT2D eigenvalue weighted by molar-refractivity contribution is 7.51. The van der Waals surface area contributed by atoms with Crippen molar-refractivity contribution >= 4 is 25.1 Å². The average molecular weight is 543 g/mol. The van der Waals surface area contributed by atoms with Crippen LogP contribution in [0.4, 0.5) is 5.69 Å². The lowest BCUT2D eigenvalue weighted by Gasteiger charge is -2.26. The van der Waals surface area contributed by atoms with Crippen LogP contribution in [0.1, 0.15) is 48.8 Å². The Balaban J connectivity index is 1.35. The lowest BCUT2D eigenvalue weighted by atomic mass is 10.0.